The summed E-state index contributed by atoms with van der Waals surface area (Å²) in [6.07, 6.45) is 0. The van der Waals surface area contributed by atoms with E-state index in [4.69, 9.17) is 4.74 Å². The van der Waals surface area contributed by atoms with Gasteiger partial charge in [-0.05, 0) is 42.3 Å². The van der Waals surface area contributed by atoms with Crippen LogP contribution in [-0.4, -0.2) is 12.2 Å². The minimum atomic E-state index is 0.162. The van der Waals surface area contributed by atoms with Crippen LogP contribution < -0.4 is 10.1 Å². The number of halogens is 1. The van der Waals surface area contributed by atoms with Crippen molar-refractivity contribution in [2.24, 2.45) is 0 Å². The second-order valence-corrected chi connectivity index (χ2v) is 5.58. The lowest BCUT2D eigenvalue weighted by Gasteiger charge is -2.16. The Hall–Kier alpha value is -1.52. The van der Waals surface area contributed by atoms with Crippen molar-refractivity contribution in [2.75, 3.05) is 7.11 Å². The Balaban J connectivity index is 2.03. The lowest BCUT2D eigenvalue weighted by Crippen LogP contribution is -2.18. The van der Waals surface area contributed by atoms with Crippen molar-refractivity contribution < 1.29 is 9.84 Å². The van der Waals surface area contributed by atoms with Crippen LogP contribution in [0.25, 0.3) is 0 Å². The Bertz CT molecular complexity index is 586. The third-order valence-corrected chi connectivity index (χ3v) is 3.70. The molecule has 0 heterocycles. The van der Waals surface area contributed by atoms with Crippen molar-refractivity contribution in [3.63, 3.8) is 0 Å². The Labute approximate surface area is 127 Å². The maximum atomic E-state index is 9.60. The van der Waals surface area contributed by atoms with Crippen molar-refractivity contribution in [3.05, 3.63) is 58.1 Å². The molecule has 2 aromatic rings. The quantitative estimate of drug-likeness (QED) is 0.867. The van der Waals surface area contributed by atoms with Crippen LogP contribution in [0.2, 0.25) is 0 Å². The van der Waals surface area contributed by atoms with Gasteiger partial charge in [0.2, 0.25) is 0 Å². The van der Waals surface area contributed by atoms with Crippen molar-refractivity contribution in [3.8, 4) is 11.5 Å². The van der Waals surface area contributed by atoms with Crippen molar-refractivity contribution in [1.29, 1.82) is 0 Å². The van der Waals surface area contributed by atoms with E-state index in [0.29, 0.717) is 5.75 Å². The molecule has 0 amide bonds. The van der Waals surface area contributed by atoms with Gasteiger partial charge in [0.1, 0.15) is 0 Å². The number of phenols is 1. The molecule has 0 bridgehead atoms. The first kappa shape index (κ1) is 14.9. The van der Waals surface area contributed by atoms with E-state index < -0.39 is 0 Å². The van der Waals surface area contributed by atoms with Gasteiger partial charge in [0.05, 0.1) is 7.11 Å². The van der Waals surface area contributed by atoms with Crippen LogP contribution in [0.1, 0.15) is 24.1 Å². The molecule has 0 fully saturated rings. The Morgan fingerprint density at radius 3 is 2.75 bits per heavy atom. The standard InChI is InChI=1S/C16H18BrNO2/c1-11(13-6-7-15(19)16(9-13)20-2)18-10-12-4-3-5-14(17)8-12/h3-9,11,18-19H,10H2,1-2H3. The topological polar surface area (TPSA) is 41.5 Å². The number of methoxy groups -OCH3 is 1. The highest BCUT2D eigenvalue weighted by molar-refractivity contribution is 9.10. The van der Waals surface area contributed by atoms with E-state index in [9.17, 15) is 5.11 Å². The van der Waals surface area contributed by atoms with E-state index in [0.717, 1.165) is 16.6 Å². The predicted octanol–water partition coefficient (Wildman–Crippen LogP) is 4.01. The van der Waals surface area contributed by atoms with Gasteiger partial charge in [-0.1, -0.05) is 34.1 Å². The molecular weight excluding hydrogens is 318 g/mol. The van der Waals surface area contributed by atoms with Crippen LogP contribution in [0.3, 0.4) is 0 Å². The molecule has 0 aliphatic carbocycles. The van der Waals surface area contributed by atoms with Crippen LogP contribution in [0, 0.1) is 0 Å². The molecule has 0 aliphatic heterocycles. The van der Waals surface area contributed by atoms with Gasteiger partial charge in [-0.15, -0.1) is 0 Å². The molecule has 2 aromatic carbocycles. The highest BCUT2D eigenvalue weighted by Gasteiger charge is 2.09. The van der Waals surface area contributed by atoms with Crippen LogP contribution in [-0.2, 0) is 6.54 Å². The van der Waals surface area contributed by atoms with Gasteiger partial charge in [-0.25, -0.2) is 0 Å². The van der Waals surface area contributed by atoms with Crippen LogP contribution in [0.4, 0.5) is 0 Å². The molecule has 3 nitrogen and oxygen atoms in total. The molecule has 1 unspecified atom stereocenters. The Kier molecular flexibility index (Phi) is 5.04. The number of hydrogen-bond acceptors (Lipinski definition) is 3. The molecule has 4 heteroatoms. The first-order valence-corrected chi connectivity index (χ1v) is 7.24. The number of ether oxygens (including phenoxy) is 1. The summed E-state index contributed by atoms with van der Waals surface area (Å²) in [5, 5.41) is 13.1. The fraction of sp³-hybridized carbons (Fsp3) is 0.250. The smallest absolute Gasteiger partial charge is 0.160 e. The van der Waals surface area contributed by atoms with Crippen LogP contribution in [0.5, 0.6) is 11.5 Å². The number of benzene rings is 2. The van der Waals surface area contributed by atoms with E-state index in [-0.39, 0.29) is 11.8 Å². The zero-order valence-corrected chi connectivity index (χ0v) is 13.1. The van der Waals surface area contributed by atoms with Gasteiger partial charge in [0.15, 0.2) is 11.5 Å². The summed E-state index contributed by atoms with van der Waals surface area (Å²) in [7, 11) is 1.55. The highest BCUT2D eigenvalue weighted by atomic mass is 79.9. The minimum absolute atomic E-state index is 0.162. The minimum Gasteiger partial charge on any atom is -0.504 e. The second-order valence-electron chi connectivity index (χ2n) is 4.66. The molecule has 2 rings (SSSR count). The molecule has 2 N–H and O–H groups in total. The second kappa shape index (κ2) is 6.77. The molecule has 0 aliphatic rings. The summed E-state index contributed by atoms with van der Waals surface area (Å²) in [4.78, 5) is 0. The summed E-state index contributed by atoms with van der Waals surface area (Å²) >= 11 is 3.47. The van der Waals surface area contributed by atoms with Gasteiger partial charge < -0.3 is 15.2 Å². The van der Waals surface area contributed by atoms with Crippen molar-refractivity contribution in [1.82, 2.24) is 5.32 Å². The molecule has 0 saturated heterocycles. The predicted molar refractivity (Wildman–Crippen MR) is 84.1 cm³/mol. The molecular formula is C16H18BrNO2. The lowest BCUT2D eigenvalue weighted by molar-refractivity contribution is 0.372. The number of aromatic hydroxyl groups is 1. The van der Waals surface area contributed by atoms with Crippen LogP contribution >= 0.6 is 15.9 Å². The molecule has 0 saturated carbocycles. The molecule has 0 spiro atoms. The number of phenolic OH excluding ortho intramolecular Hbond substituents is 1. The highest BCUT2D eigenvalue weighted by Crippen LogP contribution is 2.28. The summed E-state index contributed by atoms with van der Waals surface area (Å²) in [5.74, 6) is 0.661. The number of hydrogen-bond donors (Lipinski definition) is 2. The first-order chi connectivity index (χ1) is 9.60. The SMILES string of the molecule is COc1cc(C(C)NCc2cccc(Br)c2)ccc1O. The van der Waals surface area contributed by atoms with Crippen molar-refractivity contribution in [2.45, 2.75) is 19.5 Å². The summed E-state index contributed by atoms with van der Waals surface area (Å²) < 4.78 is 6.21. The largest absolute Gasteiger partial charge is 0.504 e. The maximum absolute atomic E-state index is 9.60. The van der Waals surface area contributed by atoms with Gasteiger partial charge in [-0.3, -0.25) is 0 Å². The molecule has 0 radical (unpaired) electrons. The van der Waals surface area contributed by atoms with Gasteiger partial charge in [0.25, 0.3) is 0 Å². The first-order valence-electron chi connectivity index (χ1n) is 6.45. The number of nitrogens with one attached hydrogen (secondary N) is 1. The summed E-state index contributed by atoms with van der Waals surface area (Å²) in [6.45, 7) is 2.87. The molecule has 20 heavy (non-hydrogen) atoms. The zero-order valence-electron chi connectivity index (χ0n) is 11.6. The lowest BCUT2D eigenvalue weighted by atomic mass is 10.1. The maximum Gasteiger partial charge on any atom is 0.160 e. The monoisotopic (exact) mass is 335 g/mol. The average Bonchev–Trinajstić information content (AvgIpc) is 2.45. The Morgan fingerprint density at radius 2 is 2.05 bits per heavy atom. The average molecular weight is 336 g/mol. The van der Waals surface area contributed by atoms with Gasteiger partial charge in [-0.2, -0.15) is 0 Å². The zero-order chi connectivity index (χ0) is 14.5. The van der Waals surface area contributed by atoms with Gasteiger partial charge in [0, 0.05) is 17.1 Å². The van der Waals surface area contributed by atoms with Crippen LogP contribution in [0.15, 0.2) is 46.9 Å². The summed E-state index contributed by atoms with van der Waals surface area (Å²) in [5.41, 5.74) is 2.30. The van der Waals surface area contributed by atoms with Crippen molar-refractivity contribution >= 4 is 15.9 Å². The van der Waals surface area contributed by atoms with E-state index in [1.54, 1.807) is 13.2 Å². The fourth-order valence-corrected chi connectivity index (χ4v) is 2.45. The van der Waals surface area contributed by atoms with E-state index in [1.165, 1.54) is 5.56 Å². The molecule has 0 aromatic heterocycles. The Morgan fingerprint density at radius 1 is 1.25 bits per heavy atom. The normalized spacial score (nSPS) is 12.2. The number of rotatable bonds is 5. The third-order valence-electron chi connectivity index (χ3n) is 3.21. The van der Waals surface area contributed by atoms with Gasteiger partial charge >= 0.3 is 0 Å². The van der Waals surface area contributed by atoms with E-state index in [1.807, 2.05) is 24.3 Å². The third kappa shape index (κ3) is 3.74. The van der Waals surface area contributed by atoms with E-state index >= 15 is 0 Å². The molecule has 1 atom stereocenters. The molecule has 106 valence electrons. The fourth-order valence-electron chi connectivity index (χ4n) is 2.00. The van der Waals surface area contributed by atoms with E-state index in [2.05, 4.69) is 40.3 Å². The summed E-state index contributed by atoms with van der Waals surface area (Å²) in [6, 6.07) is 13.8.